The second-order valence-electron chi connectivity index (χ2n) is 4.73. The summed E-state index contributed by atoms with van der Waals surface area (Å²) >= 11 is 0. The highest BCUT2D eigenvalue weighted by Gasteiger charge is 2.03. The van der Waals surface area contributed by atoms with Gasteiger partial charge in [0.1, 0.15) is 5.75 Å². The molecule has 1 amide bonds. The minimum absolute atomic E-state index is 0.121. The molecule has 0 saturated carbocycles. The van der Waals surface area contributed by atoms with Crippen LogP contribution in [0.3, 0.4) is 0 Å². The van der Waals surface area contributed by atoms with Gasteiger partial charge in [-0.25, -0.2) is 5.43 Å². The van der Waals surface area contributed by atoms with E-state index < -0.39 is 0 Å². The Bertz CT molecular complexity index is 632. The molecule has 2 rings (SSSR count). The standard InChI is InChI=1S/C16H17N3O2/c1-19(2)14-7-3-12(4-8-14)11-17-18-16(21)13-5-9-15(20)10-6-13/h3-11,20H,1-2H3,(H,18,21). The first-order valence-electron chi connectivity index (χ1n) is 6.46. The number of carbonyl (C=O) groups is 1. The summed E-state index contributed by atoms with van der Waals surface area (Å²) in [5.41, 5.74) is 4.87. The first-order chi connectivity index (χ1) is 10.1. The highest BCUT2D eigenvalue weighted by atomic mass is 16.3. The van der Waals surface area contributed by atoms with Gasteiger partial charge in [-0.15, -0.1) is 0 Å². The van der Waals surface area contributed by atoms with E-state index in [1.54, 1.807) is 6.21 Å². The van der Waals surface area contributed by atoms with E-state index in [4.69, 9.17) is 5.11 Å². The number of rotatable bonds is 4. The number of nitrogens with one attached hydrogen (secondary N) is 1. The van der Waals surface area contributed by atoms with E-state index in [1.165, 1.54) is 24.3 Å². The Kier molecular flexibility index (Phi) is 4.56. The van der Waals surface area contributed by atoms with E-state index in [0.29, 0.717) is 5.56 Å². The fraction of sp³-hybridized carbons (Fsp3) is 0.125. The molecule has 5 heteroatoms. The van der Waals surface area contributed by atoms with Gasteiger partial charge < -0.3 is 10.0 Å². The van der Waals surface area contributed by atoms with Crippen LogP contribution < -0.4 is 10.3 Å². The fourth-order valence-corrected chi connectivity index (χ4v) is 1.70. The predicted octanol–water partition coefficient (Wildman–Crippen LogP) is 2.22. The van der Waals surface area contributed by atoms with Gasteiger partial charge in [0.15, 0.2) is 0 Å². The Hall–Kier alpha value is -2.82. The van der Waals surface area contributed by atoms with Crippen LogP contribution in [-0.2, 0) is 0 Å². The van der Waals surface area contributed by atoms with Crippen LogP contribution in [0.25, 0.3) is 0 Å². The van der Waals surface area contributed by atoms with E-state index in [9.17, 15) is 4.79 Å². The SMILES string of the molecule is CN(C)c1ccc(C=NNC(=O)c2ccc(O)cc2)cc1. The number of anilines is 1. The molecule has 0 atom stereocenters. The van der Waals surface area contributed by atoms with Gasteiger partial charge in [-0.3, -0.25) is 4.79 Å². The van der Waals surface area contributed by atoms with Gasteiger partial charge in [0.05, 0.1) is 6.21 Å². The molecule has 0 aromatic heterocycles. The van der Waals surface area contributed by atoms with Gasteiger partial charge in [-0.1, -0.05) is 12.1 Å². The first kappa shape index (κ1) is 14.6. The Labute approximate surface area is 123 Å². The lowest BCUT2D eigenvalue weighted by atomic mass is 10.2. The lowest BCUT2D eigenvalue weighted by molar-refractivity contribution is 0.0955. The van der Waals surface area contributed by atoms with Gasteiger partial charge in [-0.05, 0) is 42.0 Å². The van der Waals surface area contributed by atoms with Crippen molar-refractivity contribution < 1.29 is 9.90 Å². The Morgan fingerprint density at radius 3 is 2.29 bits per heavy atom. The third kappa shape index (κ3) is 4.07. The van der Waals surface area contributed by atoms with Crippen molar-refractivity contribution in [2.45, 2.75) is 0 Å². The van der Waals surface area contributed by atoms with Crippen LogP contribution in [-0.4, -0.2) is 31.3 Å². The fourth-order valence-electron chi connectivity index (χ4n) is 1.70. The van der Waals surface area contributed by atoms with Gasteiger partial charge >= 0.3 is 0 Å². The monoisotopic (exact) mass is 283 g/mol. The molecule has 0 unspecified atom stereocenters. The van der Waals surface area contributed by atoms with E-state index in [2.05, 4.69) is 10.5 Å². The lowest BCUT2D eigenvalue weighted by Crippen LogP contribution is -2.17. The summed E-state index contributed by atoms with van der Waals surface area (Å²) in [6.07, 6.45) is 1.58. The van der Waals surface area contributed by atoms with Crippen molar-refractivity contribution in [3.05, 3.63) is 59.7 Å². The Balaban J connectivity index is 1.95. The number of phenolic OH excluding ortho intramolecular Hbond substituents is 1. The maximum Gasteiger partial charge on any atom is 0.271 e. The topological polar surface area (TPSA) is 64.9 Å². The molecule has 0 aliphatic heterocycles. The summed E-state index contributed by atoms with van der Waals surface area (Å²) in [4.78, 5) is 13.8. The van der Waals surface area contributed by atoms with E-state index in [0.717, 1.165) is 11.3 Å². The summed E-state index contributed by atoms with van der Waals surface area (Å²) in [6.45, 7) is 0. The maximum atomic E-state index is 11.8. The molecule has 2 aromatic carbocycles. The summed E-state index contributed by atoms with van der Waals surface area (Å²) in [5.74, 6) is -0.202. The third-order valence-corrected chi connectivity index (χ3v) is 2.92. The zero-order valence-corrected chi connectivity index (χ0v) is 11.9. The smallest absolute Gasteiger partial charge is 0.271 e. The van der Waals surface area contributed by atoms with Gasteiger partial charge in [0.2, 0.25) is 0 Å². The van der Waals surface area contributed by atoms with Gasteiger partial charge in [0, 0.05) is 25.3 Å². The molecule has 0 heterocycles. The second-order valence-corrected chi connectivity index (χ2v) is 4.73. The van der Waals surface area contributed by atoms with Gasteiger partial charge in [-0.2, -0.15) is 5.10 Å². The largest absolute Gasteiger partial charge is 0.508 e. The number of hydrogen-bond donors (Lipinski definition) is 2. The molecule has 0 spiro atoms. The van der Waals surface area contributed by atoms with Crippen LogP contribution in [0.1, 0.15) is 15.9 Å². The molecule has 0 aliphatic rings. The van der Waals surface area contributed by atoms with Crippen molar-refractivity contribution in [2.75, 3.05) is 19.0 Å². The molecule has 21 heavy (non-hydrogen) atoms. The average Bonchev–Trinajstić information content (AvgIpc) is 2.48. The number of hydrogen-bond acceptors (Lipinski definition) is 4. The van der Waals surface area contributed by atoms with Crippen molar-refractivity contribution in [1.82, 2.24) is 5.43 Å². The van der Waals surface area contributed by atoms with Crippen LogP contribution in [0.15, 0.2) is 53.6 Å². The number of nitrogens with zero attached hydrogens (tertiary/aromatic N) is 2. The van der Waals surface area contributed by atoms with Crippen molar-refractivity contribution in [1.29, 1.82) is 0 Å². The highest BCUT2D eigenvalue weighted by molar-refractivity contribution is 5.95. The Morgan fingerprint density at radius 1 is 1.10 bits per heavy atom. The van der Waals surface area contributed by atoms with Crippen molar-refractivity contribution in [2.24, 2.45) is 5.10 Å². The first-order valence-corrected chi connectivity index (χ1v) is 6.46. The Morgan fingerprint density at radius 2 is 1.71 bits per heavy atom. The summed E-state index contributed by atoms with van der Waals surface area (Å²) in [6, 6.07) is 13.8. The number of hydrazone groups is 1. The summed E-state index contributed by atoms with van der Waals surface area (Å²) in [5, 5.41) is 13.1. The van der Waals surface area contributed by atoms with Crippen molar-refractivity contribution in [3.63, 3.8) is 0 Å². The van der Waals surface area contributed by atoms with Crippen LogP contribution in [0.2, 0.25) is 0 Å². The molecule has 0 aliphatic carbocycles. The molecule has 0 saturated heterocycles. The van der Waals surface area contributed by atoms with E-state index in [-0.39, 0.29) is 11.7 Å². The summed E-state index contributed by atoms with van der Waals surface area (Å²) < 4.78 is 0. The van der Waals surface area contributed by atoms with E-state index >= 15 is 0 Å². The second kappa shape index (κ2) is 6.56. The van der Waals surface area contributed by atoms with Crippen LogP contribution in [0.4, 0.5) is 5.69 Å². The van der Waals surface area contributed by atoms with Crippen LogP contribution in [0, 0.1) is 0 Å². The number of benzene rings is 2. The normalized spacial score (nSPS) is 10.6. The molecule has 2 N–H and O–H groups in total. The number of carbonyl (C=O) groups excluding carboxylic acids is 1. The number of phenols is 1. The maximum absolute atomic E-state index is 11.8. The minimum Gasteiger partial charge on any atom is -0.508 e. The quantitative estimate of drug-likeness (QED) is 0.668. The minimum atomic E-state index is -0.323. The molecule has 0 bridgehead atoms. The molecule has 2 aromatic rings. The highest BCUT2D eigenvalue weighted by Crippen LogP contribution is 2.11. The van der Waals surface area contributed by atoms with E-state index in [1.807, 2.05) is 43.3 Å². The van der Waals surface area contributed by atoms with Crippen LogP contribution in [0.5, 0.6) is 5.75 Å². The molecule has 0 radical (unpaired) electrons. The molecule has 0 fully saturated rings. The predicted molar refractivity (Wildman–Crippen MR) is 83.9 cm³/mol. The molecule has 108 valence electrons. The third-order valence-electron chi connectivity index (χ3n) is 2.92. The average molecular weight is 283 g/mol. The van der Waals surface area contributed by atoms with Crippen molar-refractivity contribution in [3.8, 4) is 5.75 Å². The zero-order valence-electron chi connectivity index (χ0n) is 11.9. The molecule has 5 nitrogen and oxygen atoms in total. The molecular formula is C16H17N3O2. The van der Waals surface area contributed by atoms with Crippen LogP contribution >= 0.6 is 0 Å². The number of aromatic hydroxyl groups is 1. The van der Waals surface area contributed by atoms with Gasteiger partial charge in [0.25, 0.3) is 5.91 Å². The summed E-state index contributed by atoms with van der Waals surface area (Å²) in [7, 11) is 3.95. The molecular weight excluding hydrogens is 266 g/mol. The zero-order chi connectivity index (χ0) is 15.2. The lowest BCUT2D eigenvalue weighted by Gasteiger charge is -2.11. The number of amides is 1. The van der Waals surface area contributed by atoms with Crippen molar-refractivity contribution >= 4 is 17.8 Å².